The highest BCUT2D eigenvalue weighted by Crippen LogP contribution is 2.31. The lowest BCUT2D eigenvalue weighted by Gasteiger charge is -2.36. The lowest BCUT2D eigenvalue weighted by Crippen LogP contribution is -2.50. The fraction of sp³-hybridized carbons (Fsp3) is 0.385. The van der Waals surface area contributed by atoms with E-state index in [0.29, 0.717) is 22.3 Å². The fourth-order valence-corrected chi connectivity index (χ4v) is 2.27. The predicted octanol–water partition coefficient (Wildman–Crippen LogP) is 3.01. The Morgan fingerprint density at radius 3 is 2.61 bits per heavy atom. The maximum Gasteiger partial charge on any atom is 0.328 e. The number of aliphatic carboxylic acids is 1. The van der Waals surface area contributed by atoms with Crippen LogP contribution < -0.4 is 4.90 Å². The molecule has 1 aromatic carbocycles. The predicted molar refractivity (Wildman–Crippen MR) is 73.6 cm³/mol. The third kappa shape index (κ3) is 2.49. The van der Waals surface area contributed by atoms with E-state index in [1.165, 1.54) is 0 Å². The summed E-state index contributed by atoms with van der Waals surface area (Å²) in [5, 5.41) is 18.5. The lowest BCUT2D eigenvalue weighted by molar-refractivity contribution is -0.142. The molecule has 0 saturated heterocycles. The van der Waals surface area contributed by atoms with Gasteiger partial charge in [-0.2, -0.15) is 5.26 Å². The van der Waals surface area contributed by atoms with Gasteiger partial charge in [0.1, 0.15) is 11.6 Å². The van der Waals surface area contributed by atoms with Crippen molar-refractivity contribution in [3.8, 4) is 6.07 Å². The zero-order valence-electron chi connectivity index (χ0n) is 10.6. The van der Waals surface area contributed by atoms with Crippen LogP contribution in [0.25, 0.3) is 0 Å². The van der Waals surface area contributed by atoms with Gasteiger partial charge in [-0.3, -0.25) is 0 Å². The second-order valence-electron chi connectivity index (χ2n) is 4.35. The molecule has 1 N–H and O–H groups in total. The number of likely N-dealkylation sites (N-methyl/N-ethyl adjacent to an activating group) is 1. The second kappa shape index (κ2) is 5.40. The molecule has 0 unspecified atom stereocenters. The van der Waals surface area contributed by atoms with Gasteiger partial charge >= 0.3 is 5.97 Å². The molecule has 0 radical (unpaired) electrons. The van der Waals surface area contributed by atoms with Crippen LogP contribution in [0.1, 0.15) is 26.3 Å². The molecule has 0 heterocycles. The van der Waals surface area contributed by atoms with Gasteiger partial charge in [0.2, 0.25) is 0 Å². The summed E-state index contributed by atoms with van der Waals surface area (Å²) >= 11 is 3.31. The Morgan fingerprint density at radius 1 is 1.56 bits per heavy atom. The summed E-state index contributed by atoms with van der Waals surface area (Å²) in [4.78, 5) is 13.0. The highest BCUT2D eigenvalue weighted by Gasteiger charge is 2.35. The van der Waals surface area contributed by atoms with Gasteiger partial charge < -0.3 is 10.0 Å². The molecule has 1 rings (SSSR count). The molecule has 0 amide bonds. The van der Waals surface area contributed by atoms with Crippen LogP contribution in [0.4, 0.5) is 5.69 Å². The molecule has 0 spiro atoms. The van der Waals surface area contributed by atoms with Gasteiger partial charge in [-0.15, -0.1) is 0 Å². The van der Waals surface area contributed by atoms with E-state index in [2.05, 4.69) is 22.0 Å². The number of hydrogen-bond donors (Lipinski definition) is 1. The summed E-state index contributed by atoms with van der Waals surface area (Å²) in [7, 11) is 0. The Labute approximate surface area is 115 Å². The minimum absolute atomic E-state index is 0.452. The number of hydrogen-bond acceptors (Lipinski definition) is 3. The number of carboxylic acid groups (broad SMARTS) is 1. The molecule has 4 nitrogen and oxygen atoms in total. The third-order valence-corrected chi connectivity index (χ3v) is 3.57. The van der Waals surface area contributed by atoms with Crippen LogP contribution in [0.2, 0.25) is 0 Å². The van der Waals surface area contributed by atoms with Gasteiger partial charge in [-0.25, -0.2) is 4.79 Å². The second-order valence-corrected chi connectivity index (χ2v) is 5.21. The van der Waals surface area contributed by atoms with Crippen LogP contribution in [-0.4, -0.2) is 23.2 Å². The Bertz CT molecular complexity index is 506. The number of nitrogens with zero attached hydrogens (tertiary/aromatic N) is 2. The van der Waals surface area contributed by atoms with E-state index >= 15 is 0 Å². The number of anilines is 1. The molecule has 0 bridgehead atoms. The van der Waals surface area contributed by atoms with E-state index in [0.717, 1.165) is 0 Å². The van der Waals surface area contributed by atoms with E-state index in [1.807, 2.05) is 6.92 Å². The van der Waals surface area contributed by atoms with Crippen LogP contribution in [0, 0.1) is 11.3 Å². The summed E-state index contributed by atoms with van der Waals surface area (Å²) in [6.07, 6.45) is 0. The molecular formula is C13H15BrN2O2. The first-order valence-corrected chi connectivity index (χ1v) is 6.35. The number of carboxylic acids is 1. The molecule has 0 atom stereocenters. The molecule has 0 aliphatic carbocycles. The molecule has 5 heteroatoms. The molecule has 1 aromatic rings. The zero-order valence-corrected chi connectivity index (χ0v) is 12.2. The monoisotopic (exact) mass is 310 g/mol. The first-order valence-electron chi connectivity index (χ1n) is 5.55. The van der Waals surface area contributed by atoms with E-state index in [-0.39, 0.29) is 0 Å². The van der Waals surface area contributed by atoms with Crippen molar-refractivity contribution >= 4 is 27.6 Å². The van der Waals surface area contributed by atoms with E-state index < -0.39 is 11.5 Å². The molecular weight excluding hydrogens is 296 g/mol. The Hall–Kier alpha value is -1.54. The minimum atomic E-state index is -1.07. The largest absolute Gasteiger partial charge is 0.480 e. The van der Waals surface area contributed by atoms with Crippen LogP contribution in [0.5, 0.6) is 0 Å². The number of halogens is 1. The van der Waals surface area contributed by atoms with E-state index in [9.17, 15) is 15.2 Å². The number of carbonyl (C=O) groups is 1. The number of benzene rings is 1. The molecule has 0 fully saturated rings. The number of nitriles is 1. The van der Waals surface area contributed by atoms with Crippen molar-refractivity contribution in [2.45, 2.75) is 26.3 Å². The Morgan fingerprint density at radius 2 is 2.17 bits per heavy atom. The average molecular weight is 311 g/mol. The van der Waals surface area contributed by atoms with Gasteiger partial charge in [-0.1, -0.05) is 6.07 Å². The first kappa shape index (κ1) is 14.5. The van der Waals surface area contributed by atoms with Crippen molar-refractivity contribution < 1.29 is 9.90 Å². The topological polar surface area (TPSA) is 64.3 Å². The summed E-state index contributed by atoms with van der Waals surface area (Å²) < 4.78 is 0.669. The molecule has 0 aliphatic heterocycles. The van der Waals surface area contributed by atoms with Gasteiger partial charge in [0, 0.05) is 11.0 Å². The first-order chi connectivity index (χ1) is 8.36. The standard InChI is InChI=1S/C13H15BrN2O2/c1-4-16(13(2,3)12(17)18)11-7-5-6-10(14)9(11)8-15/h5-7H,4H2,1-3H3,(H,17,18). The Balaban J connectivity index is 3.40. The minimum Gasteiger partial charge on any atom is -0.480 e. The highest BCUT2D eigenvalue weighted by molar-refractivity contribution is 9.10. The highest BCUT2D eigenvalue weighted by atomic mass is 79.9. The SMILES string of the molecule is CCN(c1cccc(Br)c1C#N)C(C)(C)C(=O)O. The summed E-state index contributed by atoms with van der Waals surface area (Å²) in [5.41, 5.74) is 0.0108. The van der Waals surface area contributed by atoms with Crippen molar-refractivity contribution in [2.24, 2.45) is 0 Å². The van der Waals surface area contributed by atoms with Crippen LogP contribution in [-0.2, 0) is 4.79 Å². The van der Waals surface area contributed by atoms with Crippen molar-refractivity contribution in [1.82, 2.24) is 0 Å². The van der Waals surface area contributed by atoms with Gasteiger partial charge in [0.25, 0.3) is 0 Å². The zero-order chi connectivity index (χ0) is 13.9. The Kier molecular flexibility index (Phi) is 4.36. The maximum absolute atomic E-state index is 11.3. The van der Waals surface area contributed by atoms with Crippen molar-refractivity contribution in [3.05, 3.63) is 28.2 Å². The third-order valence-electron chi connectivity index (χ3n) is 2.91. The normalized spacial score (nSPS) is 10.8. The summed E-state index contributed by atoms with van der Waals surface area (Å²) in [5.74, 6) is -0.923. The smallest absolute Gasteiger partial charge is 0.328 e. The quantitative estimate of drug-likeness (QED) is 0.928. The lowest BCUT2D eigenvalue weighted by atomic mass is 10.0. The van der Waals surface area contributed by atoms with Crippen LogP contribution in [0.3, 0.4) is 0 Å². The van der Waals surface area contributed by atoms with Crippen molar-refractivity contribution in [3.63, 3.8) is 0 Å². The van der Waals surface area contributed by atoms with Crippen LogP contribution >= 0.6 is 15.9 Å². The van der Waals surface area contributed by atoms with Crippen LogP contribution in [0.15, 0.2) is 22.7 Å². The van der Waals surface area contributed by atoms with Gasteiger partial charge in [0.05, 0.1) is 11.3 Å². The fourth-order valence-electron chi connectivity index (χ4n) is 1.83. The van der Waals surface area contributed by atoms with Crippen molar-refractivity contribution in [2.75, 3.05) is 11.4 Å². The van der Waals surface area contributed by atoms with Gasteiger partial charge in [0.15, 0.2) is 0 Å². The van der Waals surface area contributed by atoms with E-state index in [4.69, 9.17) is 0 Å². The molecule has 0 aromatic heterocycles. The molecule has 96 valence electrons. The van der Waals surface area contributed by atoms with E-state index in [1.54, 1.807) is 36.9 Å². The molecule has 0 aliphatic rings. The average Bonchev–Trinajstić information content (AvgIpc) is 2.29. The molecule has 0 saturated carbocycles. The van der Waals surface area contributed by atoms with Gasteiger partial charge in [-0.05, 0) is 48.8 Å². The summed E-state index contributed by atoms with van der Waals surface area (Å²) in [6.45, 7) is 5.62. The summed E-state index contributed by atoms with van der Waals surface area (Å²) in [6, 6.07) is 7.43. The van der Waals surface area contributed by atoms with Crippen molar-refractivity contribution in [1.29, 1.82) is 5.26 Å². The maximum atomic E-state index is 11.3. The molecule has 18 heavy (non-hydrogen) atoms. The number of rotatable bonds is 4.